The SMILES string of the molecule is CC(=C(O)C([C@H](C)N)C(F)(F)F)c1ccc(F)cc1. The molecule has 0 heterocycles. The van der Waals surface area contributed by atoms with Gasteiger partial charge in [-0.05, 0) is 37.1 Å². The molecule has 3 N–H and O–H groups in total. The van der Waals surface area contributed by atoms with E-state index < -0.39 is 29.7 Å². The average molecular weight is 277 g/mol. The van der Waals surface area contributed by atoms with Gasteiger partial charge in [-0.3, -0.25) is 0 Å². The summed E-state index contributed by atoms with van der Waals surface area (Å²) in [4.78, 5) is 0. The van der Waals surface area contributed by atoms with Crippen molar-refractivity contribution in [2.75, 3.05) is 0 Å². The van der Waals surface area contributed by atoms with E-state index in [1.54, 1.807) is 0 Å². The van der Waals surface area contributed by atoms with E-state index in [1.165, 1.54) is 26.0 Å². The largest absolute Gasteiger partial charge is 0.511 e. The first-order valence-electron chi connectivity index (χ1n) is 5.62. The molecule has 0 aliphatic rings. The normalized spacial score (nSPS) is 16.8. The topological polar surface area (TPSA) is 46.2 Å². The zero-order valence-corrected chi connectivity index (χ0v) is 10.5. The number of aliphatic hydroxyl groups excluding tert-OH is 1. The van der Waals surface area contributed by atoms with Crippen LogP contribution in [0.25, 0.3) is 5.57 Å². The molecule has 106 valence electrons. The fourth-order valence-corrected chi connectivity index (χ4v) is 1.78. The number of alkyl halides is 3. The summed E-state index contributed by atoms with van der Waals surface area (Å²) < 4.78 is 51.2. The van der Waals surface area contributed by atoms with Crippen LogP contribution in [-0.2, 0) is 0 Å². The van der Waals surface area contributed by atoms with Crippen molar-refractivity contribution >= 4 is 5.57 Å². The summed E-state index contributed by atoms with van der Waals surface area (Å²) >= 11 is 0. The Morgan fingerprint density at radius 2 is 1.68 bits per heavy atom. The van der Waals surface area contributed by atoms with Crippen LogP contribution in [0, 0.1) is 11.7 Å². The molecular weight excluding hydrogens is 262 g/mol. The van der Waals surface area contributed by atoms with Crippen molar-refractivity contribution in [3.63, 3.8) is 0 Å². The Kier molecular flexibility index (Phi) is 4.57. The number of halogens is 4. The van der Waals surface area contributed by atoms with Gasteiger partial charge in [0, 0.05) is 6.04 Å². The van der Waals surface area contributed by atoms with E-state index in [0.29, 0.717) is 5.56 Å². The highest BCUT2D eigenvalue weighted by molar-refractivity contribution is 5.65. The minimum atomic E-state index is -4.64. The van der Waals surface area contributed by atoms with Crippen LogP contribution >= 0.6 is 0 Å². The van der Waals surface area contributed by atoms with Crippen LogP contribution < -0.4 is 5.73 Å². The van der Waals surface area contributed by atoms with Crippen molar-refractivity contribution < 1.29 is 22.7 Å². The summed E-state index contributed by atoms with van der Waals surface area (Å²) in [6.07, 6.45) is -4.64. The third-order valence-electron chi connectivity index (χ3n) is 2.83. The van der Waals surface area contributed by atoms with Gasteiger partial charge in [-0.1, -0.05) is 12.1 Å². The number of aliphatic hydroxyl groups is 1. The van der Waals surface area contributed by atoms with Crippen LogP contribution in [0.1, 0.15) is 19.4 Å². The first-order valence-corrected chi connectivity index (χ1v) is 5.62. The quantitative estimate of drug-likeness (QED) is 0.654. The maximum absolute atomic E-state index is 12.8. The summed E-state index contributed by atoms with van der Waals surface area (Å²) in [6, 6.07) is 3.54. The monoisotopic (exact) mass is 277 g/mol. The van der Waals surface area contributed by atoms with E-state index in [4.69, 9.17) is 5.73 Å². The molecule has 2 nitrogen and oxygen atoms in total. The molecule has 1 rings (SSSR count). The summed E-state index contributed by atoms with van der Waals surface area (Å²) in [5.74, 6) is -3.48. The van der Waals surface area contributed by atoms with Crippen LogP contribution in [0.5, 0.6) is 0 Å². The molecule has 19 heavy (non-hydrogen) atoms. The van der Waals surface area contributed by atoms with Crippen molar-refractivity contribution in [1.82, 2.24) is 0 Å². The molecule has 0 aliphatic carbocycles. The molecule has 0 fully saturated rings. The van der Waals surface area contributed by atoms with Crippen LogP contribution in [-0.4, -0.2) is 17.3 Å². The highest BCUT2D eigenvalue weighted by Crippen LogP contribution is 2.36. The number of benzene rings is 1. The molecule has 0 radical (unpaired) electrons. The van der Waals surface area contributed by atoms with Gasteiger partial charge in [0.05, 0.1) is 0 Å². The van der Waals surface area contributed by atoms with Crippen molar-refractivity contribution in [2.24, 2.45) is 11.7 Å². The van der Waals surface area contributed by atoms with E-state index in [0.717, 1.165) is 12.1 Å². The predicted octanol–water partition coefficient (Wildman–Crippen LogP) is 3.64. The number of hydrogen-bond acceptors (Lipinski definition) is 2. The number of nitrogens with two attached hydrogens (primary N) is 1. The highest BCUT2D eigenvalue weighted by atomic mass is 19.4. The molecule has 6 heteroatoms. The van der Waals surface area contributed by atoms with Gasteiger partial charge >= 0.3 is 6.18 Å². The first-order chi connectivity index (χ1) is 8.64. The van der Waals surface area contributed by atoms with E-state index in [2.05, 4.69) is 0 Å². The standard InChI is InChI=1S/C13H15F4NO/c1-7(9-3-5-10(14)6-4-9)12(19)11(8(2)18)13(15,16)17/h3-6,8,11,19H,18H2,1-2H3/t8-,11?/m0/s1. The van der Waals surface area contributed by atoms with Gasteiger partial charge in [-0.25, -0.2) is 4.39 Å². The molecule has 2 atom stereocenters. The lowest BCUT2D eigenvalue weighted by atomic mass is 9.93. The fraction of sp³-hybridized carbons (Fsp3) is 0.385. The second kappa shape index (κ2) is 5.61. The lowest BCUT2D eigenvalue weighted by molar-refractivity contribution is -0.175. The Hall–Kier alpha value is -1.56. The van der Waals surface area contributed by atoms with Gasteiger partial charge in [0.15, 0.2) is 0 Å². The molecule has 1 unspecified atom stereocenters. The minimum absolute atomic E-state index is 0.0274. The van der Waals surface area contributed by atoms with Crippen molar-refractivity contribution in [3.8, 4) is 0 Å². The van der Waals surface area contributed by atoms with Crippen molar-refractivity contribution in [3.05, 3.63) is 41.4 Å². The lowest BCUT2D eigenvalue weighted by Crippen LogP contribution is -2.39. The maximum Gasteiger partial charge on any atom is 0.400 e. The van der Waals surface area contributed by atoms with Crippen molar-refractivity contribution in [2.45, 2.75) is 26.1 Å². The lowest BCUT2D eigenvalue weighted by Gasteiger charge is -2.24. The Labute approximate surface area is 108 Å². The summed E-state index contributed by atoms with van der Waals surface area (Å²) in [7, 11) is 0. The van der Waals surface area contributed by atoms with Crippen LogP contribution in [0.2, 0.25) is 0 Å². The summed E-state index contributed by atoms with van der Waals surface area (Å²) in [5, 5.41) is 9.79. The second-order valence-corrected chi connectivity index (χ2v) is 4.40. The Morgan fingerprint density at radius 3 is 2.05 bits per heavy atom. The third kappa shape index (κ3) is 3.70. The summed E-state index contributed by atoms with van der Waals surface area (Å²) in [6.45, 7) is 2.51. The Morgan fingerprint density at radius 1 is 1.21 bits per heavy atom. The van der Waals surface area contributed by atoms with E-state index in [1.807, 2.05) is 0 Å². The summed E-state index contributed by atoms with van der Waals surface area (Å²) in [5.41, 5.74) is 5.63. The zero-order chi connectivity index (χ0) is 14.8. The van der Waals surface area contributed by atoms with Crippen molar-refractivity contribution in [1.29, 1.82) is 0 Å². The molecular formula is C13H15F4NO. The molecule has 1 aromatic carbocycles. The van der Waals surface area contributed by atoms with E-state index in [9.17, 15) is 22.7 Å². The van der Waals surface area contributed by atoms with Crippen LogP contribution in [0.4, 0.5) is 17.6 Å². The first kappa shape index (κ1) is 15.5. The third-order valence-corrected chi connectivity index (χ3v) is 2.83. The second-order valence-electron chi connectivity index (χ2n) is 4.40. The molecule has 0 saturated carbocycles. The fourth-order valence-electron chi connectivity index (χ4n) is 1.78. The molecule has 0 aromatic heterocycles. The van der Waals surface area contributed by atoms with Crippen LogP contribution in [0.15, 0.2) is 30.0 Å². The average Bonchev–Trinajstić information content (AvgIpc) is 2.26. The molecule has 0 saturated heterocycles. The van der Waals surface area contributed by atoms with Gasteiger partial charge in [-0.15, -0.1) is 0 Å². The molecule has 0 bridgehead atoms. The van der Waals surface area contributed by atoms with E-state index in [-0.39, 0.29) is 5.57 Å². The predicted molar refractivity (Wildman–Crippen MR) is 64.8 cm³/mol. The van der Waals surface area contributed by atoms with Gasteiger partial charge in [0.2, 0.25) is 0 Å². The molecule has 1 aromatic rings. The maximum atomic E-state index is 12.8. The Bertz CT molecular complexity index is 463. The number of hydrogen-bond donors (Lipinski definition) is 2. The Balaban J connectivity index is 3.22. The van der Waals surface area contributed by atoms with Gasteiger partial charge in [-0.2, -0.15) is 13.2 Å². The minimum Gasteiger partial charge on any atom is -0.511 e. The highest BCUT2D eigenvalue weighted by Gasteiger charge is 2.45. The number of rotatable bonds is 3. The van der Waals surface area contributed by atoms with Gasteiger partial charge < -0.3 is 10.8 Å². The smallest absolute Gasteiger partial charge is 0.400 e. The zero-order valence-electron chi connectivity index (χ0n) is 10.5. The van der Waals surface area contributed by atoms with Crippen LogP contribution in [0.3, 0.4) is 0 Å². The molecule has 0 spiro atoms. The van der Waals surface area contributed by atoms with Gasteiger partial charge in [0.1, 0.15) is 17.5 Å². The van der Waals surface area contributed by atoms with E-state index >= 15 is 0 Å². The molecule has 0 amide bonds. The molecule has 0 aliphatic heterocycles. The van der Waals surface area contributed by atoms with Gasteiger partial charge in [0.25, 0.3) is 0 Å². The number of allylic oxidation sites excluding steroid dienone is 1.